The Morgan fingerprint density at radius 2 is 1.61 bits per heavy atom. The highest BCUT2D eigenvalue weighted by Gasteiger charge is 1.99. The molecule has 0 aliphatic heterocycles. The summed E-state index contributed by atoms with van der Waals surface area (Å²) in [6.07, 6.45) is 9.06. The molecule has 0 saturated heterocycles. The summed E-state index contributed by atoms with van der Waals surface area (Å²) in [6, 6.07) is 10.3. The number of benzene rings is 1. The van der Waals surface area contributed by atoms with Crippen molar-refractivity contribution in [3.8, 4) is 5.75 Å². The zero-order chi connectivity index (χ0) is 23.2. The normalized spacial score (nSPS) is 10.2. The number of pyridine rings is 1. The molecule has 3 rings (SSSR count). The number of aromatic nitrogens is 2. The molecule has 162 valence electrons. The van der Waals surface area contributed by atoms with Crippen LogP contribution in [0.25, 0.3) is 23.2 Å². The van der Waals surface area contributed by atoms with Gasteiger partial charge in [0, 0.05) is 37.0 Å². The van der Waals surface area contributed by atoms with Crippen molar-refractivity contribution in [2.45, 2.75) is 0 Å². The lowest BCUT2D eigenvalue weighted by Gasteiger charge is -1.96. The minimum Gasteiger partial charge on any atom is -0.508 e. The molecule has 10 nitrogen and oxygen atoms in total. The van der Waals surface area contributed by atoms with Crippen molar-refractivity contribution in [1.82, 2.24) is 20.5 Å². The lowest BCUT2D eigenvalue weighted by Crippen LogP contribution is -2.14. The highest BCUT2D eigenvalue weighted by Crippen LogP contribution is 2.14. The Labute approximate surface area is 177 Å². The summed E-state index contributed by atoms with van der Waals surface area (Å²) in [5, 5.41) is 26.5. The van der Waals surface area contributed by atoms with E-state index < -0.39 is 11.8 Å². The SMILES string of the molecule is C=O.Cn1ccc2cc(/C=C/C(=O)NO)cnc21.O=C(/C=C/c1cccc(O)c1)NO. The minimum atomic E-state index is -0.608. The van der Waals surface area contributed by atoms with Crippen LogP contribution in [0.3, 0.4) is 0 Å². The number of phenols is 1. The van der Waals surface area contributed by atoms with E-state index in [0.717, 1.165) is 22.7 Å². The van der Waals surface area contributed by atoms with E-state index >= 15 is 0 Å². The van der Waals surface area contributed by atoms with Gasteiger partial charge in [-0.05, 0) is 47.5 Å². The number of nitrogens with one attached hydrogen (secondary N) is 2. The van der Waals surface area contributed by atoms with Gasteiger partial charge in [-0.3, -0.25) is 20.0 Å². The molecule has 3 aromatic rings. The number of amides is 2. The van der Waals surface area contributed by atoms with Gasteiger partial charge in [0.1, 0.15) is 18.2 Å². The molecule has 0 radical (unpaired) electrons. The van der Waals surface area contributed by atoms with Crippen molar-refractivity contribution in [1.29, 1.82) is 0 Å². The number of hydrogen-bond acceptors (Lipinski definition) is 7. The molecule has 0 saturated carbocycles. The molecule has 0 aliphatic carbocycles. The van der Waals surface area contributed by atoms with Gasteiger partial charge in [0.05, 0.1) is 0 Å². The van der Waals surface area contributed by atoms with Crippen LogP contribution in [0.15, 0.2) is 60.9 Å². The van der Waals surface area contributed by atoms with Crippen molar-refractivity contribution in [3.63, 3.8) is 0 Å². The Hall–Kier alpha value is -4.28. The minimum absolute atomic E-state index is 0.131. The number of rotatable bonds is 4. The van der Waals surface area contributed by atoms with Crippen molar-refractivity contribution < 1.29 is 29.9 Å². The Balaban J connectivity index is 0.000000293. The van der Waals surface area contributed by atoms with Crippen LogP contribution in [-0.2, 0) is 21.4 Å². The summed E-state index contributed by atoms with van der Waals surface area (Å²) in [4.78, 5) is 33.6. The van der Waals surface area contributed by atoms with Crippen LogP contribution in [0.5, 0.6) is 5.75 Å². The van der Waals surface area contributed by atoms with E-state index in [1.807, 2.05) is 36.7 Å². The van der Waals surface area contributed by atoms with Gasteiger partial charge in [0.25, 0.3) is 11.8 Å². The average Bonchev–Trinajstić information content (AvgIpc) is 3.17. The molecule has 2 amide bonds. The van der Waals surface area contributed by atoms with Crippen LogP contribution in [-0.4, -0.2) is 43.7 Å². The lowest BCUT2D eigenvalue weighted by molar-refractivity contribution is -0.124. The number of carbonyl (C=O) groups is 3. The molecule has 10 heteroatoms. The summed E-state index contributed by atoms with van der Waals surface area (Å²) in [7, 11) is 1.92. The Kier molecular flexibility index (Phi) is 10.4. The largest absolute Gasteiger partial charge is 0.508 e. The summed E-state index contributed by atoms with van der Waals surface area (Å²) in [5.41, 5.74) is 5.37. The van der Waals surface area contributed by atoms with Gasteiger partial charge in [-0.2, -0.15) is 0 Å². The second-order valence-electron chi connectivity index (χ2n) is 5.82. The second-order valence-corrected chi connectivity index (χ2v) is 5.82. The molecule has 31 heavy (non-hydrogen) atoms. The third-order valence-corrected chi connectivity index (χ3v) is 3.67. The van der Waals surface area contributed by atoms with Gasteiger partial charge < -0.3 is 14.5 Å². The van der Waals surface area contributed by atoms with Crippen molar-refractivity contribution in [2.24, 2.45) is 7.05 Å². The van der Waals surface area contributed by atoms with E-state index in [1.165, 1.54) is 35.2 Å². The molecule has 1 aromatic carbocycles. The molecule has 0 fully saturated rings. The first-order chi connectivity index (χ1) is 14.9. The smallest absolute Gasteiger partial charge is 0.267 e. The lowest BCUT2D eigenvalue weighted by atomic mass is 10.2. The quantitative estimate of drug-likeness (QED) is 0.242. The molecule has 0 bridgehead atoms. The van der Waals surface area contributed by atoms with Crippen molar-refractivity contribution in [3.05, 3.63) is 72.1 Å². The highest BCUT2D eigenvalue weighted by atomic mass is 16.5. The number of nitrogens with zero attached hydrogens (tertiary/aromatic N) is 2. The summed E-state index contributed by atoms with van der Waals surface area (Å²) in [6.45, 7) is 2.00. The molecular weight excluding hydrogens is 404 g/mol. The first kappa shape index (κ1) is 24.8. The zero-order valence-electron chi connectivity index (χ0n) is 16.6. The molecule has 0 atom stereocenters. The van der Waals surface area contributed by atoms with Crippen LogP contribution >= 0.6 is 0 Å². The van der Waals surface area contributed by atoms with E-state index in [0.29, 0.717) is 5.56 Å². The first-order valence-electron chi connectivity index (χ1n) is 8.66. The van der Waals surface area contributed by atoms with Crippen molar-refractivity contribution in [2.75, 3.05) is 0 Å². The molecule has 5 N–H and O–H groups in total. The number of fused-ring (bicyclic) bond motifs is 1. The van der Waals surface area contributed by atoms with Crippen LogP contribution in [0.2, 0.25) is 0 Å². The van der Waals surface area contributed by atoms with Gasteiger partial charge in [0.2, 0.25) is 0 Å². The number of hydroxylamine groups is 2. The van der Waals surface area contributed by atoms with Gasteiger partial charge in [-0.15, -0.1) is 0 Å². The van der Waals surface area contributed by atoms with Crippen LogP contribution in [0.4, 0.5) is 0 Å². The summed E-state index contributed by atoms with van der Waals surface area (Å²) >= 11 is 0. The number of aromatic hydroxyl groups is 1. The molecule has 0 unspecified atom stereocenters. The molecule has 0 spiro atoms. The Morgan fingerprint density at radius 3 is 2.19 bits per heavy atom. The second kappa shape index (κ2) is 13.0. The topological polar surface area (TPSA) is 154 Å². The highest BCUT2D eigenvalue weighted by molar-refractivity contribution is 5.91. The number of carbonyl (C=O) groups excluding carboxylic acids is 3. The fraction of sp³-hybridized carbons (Fsp3) is 0.0476. The van der Waals surface area contributed by atoms with Gasteiger partial charge in [-0.1, -0.05) is 12.1 Å². The van der Waals surface area contributed by atoms with Crippen LogP contribution in [0, 0.1) is 0 Å². The summed E-state index contributed by atoms with van der Waals surface area (Å²) < 4.78 is 1.92. The molecule has 2 aromatic heterocycles. The monoisotopic (exact) mass is 426 g/mol. The summed E-state index contributed by atoms with van der Waals surface area (Å²) in [5.74, 6) is -1.04. The van der Waals surface area contributed by atoms with E-state index in [2.05, 4.69) is 4.98 Å². The number of hydrogen-bond donors (Lipinski definition) is 5. The number of aryl methyl sites for hydroxylation is 1. The van der Waals surface area contributed by atoms with E-state index in [-0.39, 0.29) is 5.75 Å². The van der Waals surface area contributed by atoms with E-state index in [9.17, 15) is 9.59 Å². The maximum Gasteiger partial charge on any atom is 0.267 e. The Morgan fingerprint density at radius 1 is 1.00 bits per heavy atom. The predicted molar refractivity (Wildman–Crippen MR) is 114 cm³/mol. The standard InChI is InChI=1S/C11H11N3O2.C9H9NO3.CH2O/c1-14-5-4-9-6-8(7-12-11(9)14)2-3-10(15)13-16;11-8-3-1-2-7(6-8)4-5-9(12)10-13;1-2/h2-7,16H,1H3,(H,13,15);1-6,11,13H,(H,10,12);1H2/b3-2+;5-4+;. The van der Waals surface area contributed by atoms with Crippen LogP contribution in [0.1, 0.15) is 11.1 Å². The zero-order valence-corrected chi connectivity index (χ0v) is 16.6. The first-order valence-corrected chi connectivity index (χ1v) is 8.66. The van der Waals surface area contributed by atoms with E-state index in [4.69, 9.17) is 20.3 Å². The fourth-order valence-electron chi connectivity index (χ4n) is 2.31. The van der Waals surface area contributed by atoms with Gasteiger partial charge >= 0.3 is 0 Å². The fourth-order valence-corrected chi connectivity index (χ4v) is 2.31. The maximum absolute atomic E-state index is 10.8. The van der Waals surface area contributed by atoms with Crippen molar-refractivity contribution >= 4 is 41.8 Å². The predicted octanol–water partition coefficient (Wildman–Crippen LogP) is 1.82. The average molecular weight is 426 g/mol. The van der Waals surface area contributed by atoms with Gasteiger partial charge in [-0.25, -0.2) is 15.9 Å². The molecule has 2 heterocycles. The van der Waals surface area contributed by atoms with E-state index in [1.54, 1.807) is 24.4 Å². The number of phenolic OH excluding ortho intramolecular Hbond substituents is 1. The molecule has 0 aliphatic rings. The maximum atomic E-state index is 10.8. The third-order valence-electron chi connectivity index (χ3n) is 3.67. The molecular formula is C21H22N4O6. The Bertz CT molecular complexity index is 1070. The van der Waals surface area contributed by atoms with Crippen LogP contribution < -0.4 is 11.0 Å². The third kappa shape index (κ3) is 8.31. The van der Waals surface area contributed by atoms with Gasteiger partial charge in [0.15, 0.2) is 0 Å².